The maximum Gasteiger partial charge on any atom is 0.319 e. The van der Waals surface area contributed by atoms with E-state index in [-0.39, 0.29) is 17.3 Å². The van der Waals surface area contributed by atoms with Gasteiger partial charge in [-0.1, -0.05) is 36.8 Å². The van der Waals surface area contributed by atoms with Crippen LogP contribution in [0.5, 0.6) is 0 Å². The molecule has 0 bridgehead atoms. The van der Waals surface area contributed by atoms with Crippen LogP contribution in [-0.2, 0) is 5.41 Å². The van der Waals surface area contributed by atoms with E-state index < -0.39 is 0 Å². The highest BCUT2D eigenvalue weighted by molar-refractivity contribution is 5.89. The molecule has 0 heterocycles. The summed E-state index contributed by atoms with van der Waals surface area (Å²) in [5.41, 5.74) is 1.92. The van der Waals surface area contributed by atoms with Crippen molar-refractivity contribution in [2.24, 2.45) is 0 Å². The molecule has 0 aromatic heterocycles. The molecule has 4 heteroatoms. The van der Waals surface area contributed by atoms with Crippen molar-refractivity contribution >= 4 is 11.7 Å². The van der Waals surface area contributed by atoms with Crippen molar-refractivity contribution in [3.8, 4) is 0 Å². The van der Waals surface area contributed by atoms with Crippen LogP contribution in [0, 0.1) is 5.82 Å². The molecule has 1 aliphatic rings. The average molecular weight is 298 g/mol. The topological polar surface area (TPSA) is 41.1 Å². The molecule has 1 saturated carbocycles. The third kappa shape index (κ3) is 3.11. The number of hydrogen-bond donors (Lipinski definition) is 2. The van der Waals surface area contributed by atoms with Gasteiger partial charge in [-0.25, -0.2) is 9.18 Å². The van der Waals surface area contributed by atoms with E-state index in [0.717, 1.165) is 12.8 Å². The number of rotatable bonds is 4. The van der Waals surface area contributed by atoms with Crippen molar-refractivity contribution in [3.63, 3.8) is 0 Å². The van der Waals surface area contributed by atoms with E-state index in [1.165, 1.54) is 24.1 Å². The number of carbonyl (C=O) groups excluding carboxylic acids is 1. The maximum atomic E-state index is 12.8. The van der Waals surface area contributed by atoms with Crippen LogP contribution >= 0.6 is 0 Å². The second-order valence-corrected chi connectivity index (χ2v) is 5.81. The van der Waals surface area contributed by atoms with Gasteiger partial charge in [0.05, 0.1) is 0 Å². The van der Waals surface area contributed by atoms with E-state index in [1.54, 1.807) is 12.1 Å². The van der Waals surface area contributed by atoms with Gasteiger partial charge < -0.3 is 10.6 Å². The summed E-state index contributed by atoms with van der Waals surface area (Å²) in [4.78, 5) is 12.0. The lowest BCUT2D eigenvalue weighted by atomic mass is 9.64. The fraction of sp³-hybridized carbons (Fsp3) is 0.278. The molecule has 0 saturated heterocycles. The van der Waals surface area contributed by atoms with Crippen molar-refractivity contribution in [2.75, 3.05) is 11.9 Å². The van der Waals surface area contributed by atoms with Gasteiger partial charge >= 0.3 is 6.03 Å². The van der Waals surface area contributed by atoms with E-state index in [0.29, 0.717) is 12.2 Å². The van der Waals surface area contributed by atoms with Crippen LogP contribution in [0.4, 0.5) is 14.9 Å². The summed E-state index contributed by atoms with van der Waals surface area (Å²) in [6.45, 7) is 0.615. The highest BCUT2D eigenvalue weighted by atomic mass is 19.1. The molecule has 22 heavy (non-hydrogen) atoms. The summed E-state index contributed by atoms with van der Waals surface area (Å²) >= 11 is 0. The lowest BCUT2D eigenvalue weighted by Gasteiger charge is -2.42. The van der Waals surface area contributed by atoms with Crippen LogP contribution in [0.25, 0.3) is 0 Å². The number of carbonyl (C=O) groups is 1. The zero-order valence-corrected chi connectivity index (χ0v) is 12.3. The molecule has 1 fully saturated rings. The Morgan fingerprint density at radius 2 is 1.73 bits per heavy atom. The van der Waals surface area contributed by atoms with E-state index in [9.17, 15) is 9.18 Å². The van der Waals surface area contributed by atoms with Gasteiger partial charge in [0, 0.05) is 17.6 Å². The molecule has 0 aliphatic heterocycles. The van der Waals surface area contributed by atoms with Gasteiger partial charge in [-0.15, -0.1) is 0 Å². The van der Waals surface area contributed by atoms with Crippen molar-refractivity contribution in [1.29, 1.82) is 0 Å². The number of anilines is 1. The minimum absolute atomic E-state index is 0.0569. The first kappa shape index (κ1) is 14.6. The van der Waals surface area contributed by atoms with Crippen molar-refractivity contribution < 1.29 is 9.18 Å². The molecular weight excluding hydrogens is 279 g/mol. The van der Waals surface area contributed by atoms with E-state index in [2.05, 4.69) is 22.8 Å². The second kappa shape index (κ2) is 6.18. The molecule has 3 nitrogen and oxygen atoms in total. The van der Waals surface area contributed by atoms with Crippen LogP contribution in [0.1, 0.15) is 24.8 Å². The first-order valence-electron chi connectivity index (χ1n) is 7.54. The van der Waals surface area contributed by atoms with Crippen LogP contribution in [-0.4, -0.2) is 12.6 Å². The van der Waals surface area contributed by atoms with E-state index >= 15 is 0 Å². The second-order valence-electron chi connectivity index (χ2n) is 5.81. The highest BCUT2D eigenvalue weighted by Gasteiger charge is 2.38. The number of nitrogens with one attached hydrogen (secondary N) is 2. The predicted octanol–water partition coefficient (Wildman–Crippen LogP) is 4.07. The molecule has 3 rings (SSSR count). The summed E-state index contributed by atoms with van der Waals surface area (Å²) in [6.07, 6.45) is 3.37. The monoisotopic (exact) mass is 298 g/mol. The Morgan fingerprint density at radius 1 is 1.05 bits per heavy atom. The molecule has 0 radical (unpaired) electrons. The van der Waals surface area contributed by atoms with Gasteiger partial charge in [0.15, 0.2) is 0 Å². The van der Waals surface area contributed by atoms with Crippen molar-refractivity contribution in [3.05, 3.63) is 66.0 Å². The molecule has 0 atom stereocenters. The SMILES string of the molecule is O=C(NCC1(c2ccccc2)CCC1)Nc1ccc(F)cc1. The summed E-state index contributed by atoms with van der Waals surface area (Å²) in [5.74, 6) is -0.316. The smallest absolute Gasteiger partial charge is 0.319 e. The minimum atomic E-state index is -0.316. The van der Waals surface area contributed by atoms with Crippen LogP contribution in [0.2, 0.25) is 0 Å². The molecule has 2 N–H and O–H groups in total. The summed E-state index contributed by atoms with van der Waals surface area (Å²) in [5, 5.41) is 5.67. The molecule has 2 aromatic carbocycles. The molecule has 1 aliphatic carbocycles. The fourth-order valence-electron chi connectivity index (χ4n) is 2.92. The molecule has 0 unspecified atom stereocenters. The first-order chi connectivity index (χ1) is 10.7. The molecule has 114 valence electrons. The highest BCUT2D eigenvalue weighted by Crippen LogP contribution is 2.43. The first-order valence-corrected chi connectivity index (χ1v) is 7.54. The van der Waals surface area contributed by atoms with Gasteiger partial charge in [0.25, 0.3) is 0 Å². The standard InChI is InChI=1S/C18H19FN2O/c19-15-7-9-16(10-8-15)21-17(22)20-13-18(11-4-12-18)14-5-2-1-3-6-14/h1-3,5-10H,4,11-13H2,(H2,20,21,22). The third-order valence-electron chi connectivity index (χ3n) is 4.39. The van der Waals surface area contributed by atoms with Gasteiger partial charge in [0.1, 0.15) is 5.82 Å². The van der Waals surface area contributed by atoms with Gasteiger partial charge in [-0.05, 0) is 42.7 Å². The van der Waals surface area contributed by atoms with Crippen LogP contribution in [0.15, 0.2) is 54.6 Å². The Balaban J connectivity index is 1.59. The molecule has 0 spiro atoms. The van der Waals surface area contributed by atoms with Crippen LogP contribution in [0.3, 0.4) is 0 Å². The van der Waals surface area contributed by atoms with Gasteiger partial charge in [-0.3, -0.25) is 0 Å². The zero-order chi connectivity index (χ0) is 15.4. The number of amides is 2. The maximum absolute atomic E-state index is 12.8. The number of urea groups is 1. The molecule has 2 amide bonds. The van der Waals surface area contributed by atoms with E-state index in [4.69, 9.17) is 0 Å². The number of hydrogen-bond acceptors (Lipinski definition) is 1. The Kier molecular flexibility index (Phi) is 4.09. The zero-order valence-electron chi connectivity index (χ0n) is 12.3. The normalized spacial score (nSPS) is 15.7. The quantitative estimate of drug-likeness (QED) is 0.877. The lowest BCUT2D eigenvalue weighted by Crippen LogP contribution is -2.46. The largest absolute Gasteiger partial charge is 0.337 e. The molecule has 2 aromatic rings. The predicted molar refractivity (Wildman–Crippen MR) is 85.4 cm³/mol. The molecular formula is C18H19FN2O. The van der Waals surface area contributed by atoms with Crippen LogP contribution < -0.4 is 10.6 Å². The van der Waals surface area contributed by atoms with E-state index in [1.807, 2.05) is 18.2 Å². The Labute approximate surface area is 129 Å². The lowest BCUT2D eigenvalue weighted by molar-refractivity contribution is 0.222. The summed E-state index contributed by atoms with van der Waals surface area (Å²) in [7, 11) is 0. The Bertz CT molecular complexity index is 636. The Morgan fingerprint density at radius 3 is 2.32 bits per heavy atom. The number of halogens is 1. The summed E-state index contributed by atoms with van der Waals surface area (Å²) < 4.78 is 12.8. The average Bonchev–Trinajstić information content (AvgIpc) is 2.50. The third-order valence-corrected chi connectivity index (χ3v) is 4.39. The van der Waals surface area contributed by atoms with Gasteiger partial charge in [-0.2, -0.15) is 0 Å². The van der Waals surface area contributed by atoms with Crippen molar-refractivity contribution in [1.82, 2.24) is 5.32 Å². The Hall–Kier alpha value is -2.36. The summed E-state index contributed by atoms with van der Waals surface area (Å²) in [6, 6.07) is 15.8. The van der Waals surface area contributed by atoms with Gasteiger partial charge in [0.2, 0.25) is 0 Å². The minimum Gasteiger partial charge on any atom is -0.337 e. The fourth-order valence-corrected chi connectivity index (χ4v) is 2.92. The number of benzene rings is 2. The van der Waals surface area contributed by atoms with Crippen molar-refractivity contribution in [2.45, 2.75) is 24.7 Å².